The Bertz CT molecular complexity index is 1450. The van der Waals surface area contributed by atoms with Gasteiger partial charge in [-0.05, 0) is 73.9 Å². The fourth-order valence-corrected chi connectivity index (χ4v) is 4.26. The third kappa shape index (κ3) is 9.71. The van der Waals surface area contributed by atoms with Gasteiger partial charge in [0.15, 0.2) is 0 Å². The first-order valence-electron chi connectivity index (χ1n) is 14.4. The van der Waals surface area contributed by atoms with E-state index in [1.807, 2.05) is 48.5 Å². The summed E-state index contributed by atoms with van der Waals surface area (Å²) in [7, 11) is 1.60. The first-order valence-corrected chi connectivity index (χ1v) is 14.4. The van der Waals surface area contributed by atoms with Gasteiger partial charge >= 0.3 is 24.1 Å². The van der Waals surface area contributed by atoms with Gasteiger partial charge in [0.05, 0.1) is 20.2 Å². The Morgan fingerprint density at radius 3 is 1.24 bits per heavy atom. The van der Waals surface area contributed by atoms with Crippen molar-refractivity contribution in [2.45, 2.75) is 26.2 Å². The maximum atomic E-state index is 12.2. The third-order valence-electron chi connectivity index (χ3n) is 6.86. The lowest BCUT2D eigenvalue weighted by atomic mass is 9.71. The molecule has 0 saturated heterocycles. The van der Waals surface area contributed by atoms with Crippen LogP contribution in [0.15, 0.2) is 97.1 Å². The number of nitrogens with one attached hydrogen (secondary N) is 2. The molecule has 11 nitrogen and oxygen atoms in total. The highest BCUT2D eigenvalue weighted by Crippen LogP contribution is 2.40. The molecule has 2 N–H and O–H groups in total. The molecular formula is C35H38N2O9. The van der Waals surface area contributed by atoms with Crippen molar-refractivity contribution in [1.82, 2.24) is 10.6 Å². The summed E-state index contributed by atoms with van der Waals surface area (Å²) in [6, 6.07) is 21.9. The molecule has 0 saturated carbocycles. The number of ether oxygens (including phenoxy) is 5. The normalized spacial score (nSPS) is 10.6. The molecule has 0 aliphatic heterocycles. The van der Waals surface area contributed by atoms with Crippen LogP contribution >= 0.6 is 0 Å². The van der Waals surface area contributed by atoms with Crippen molar-refractivity contribution < 1.29 is 42.9 Å². The van der Waals surface area contributed by atoms with E-state index in [-0.39, 0.29) is 37.4 Å². The second-order valence-electron chi connectivity index (χ2n) is 10.4. The molecule has 3 rings (SSSR count). The number of hydrogen-bond acceptors (Lipinski definition) is 9. The highest BCUT2D eigenvalue weighted by atomic mass is 16.6. The Morgan fingerprint density at radius 1 is 0.609 bits per heavy atom. The monoisotopic (exact) mass is 630 g/mol. The minimum Gasteiger partial charge on any atom is -0.497 e. The highest BCUT2D eigenvalue weighted by Gasteiger charge is 2.31. The highest BCUT2D eigenvalue weighted by molar-refractivity contribution is 5.87. The predicted octanol–water partition coefficient (Wildman–Crippen LogP) is 5.46. The van der Waals surface area contributed by atoms with Gasteiger partial charge in [-0.25, -0.2) is 19.2 Å². The minimum atomic E-state index is -0.690. The third-order valence-corrected chi connectivity index (χ3v) is 6.86. The van der Waals surface area contributed by atoms with Crippen molar-refractivity contribution in [1.29, 1.82) is 0 Å². The van der Waals surface area contributed by atoms with Gasteiger partial charge in [-0.2, -0.15) is 0 Å². The summed E-state index contributed by atoms with van der Waals surface area (Å²) in [4.78, 5) is 47.4. The molecular weight excluding hydrogens is 592 g/mol. The largest absolute Gasteiger partial charge is 0.497 e. The van der Waals surface area contributed by atoms with E-state index in [4.69, 9.17) is 23.7 Å². The SMILES string of the molecule is C=C(C)C(=O)OCCNC(=O)Oc1ccc(C(C)(c2ccc(OC)cc2)c2ccc(OC(=O)NCCOC(=O)C(=C)C)cc2)cc1. The number of esters is 2. The van der Waals surface area contributed by atoms with E-state index in [9.17, 15) is 19.2 Å². The zero-order chi connectivity index (χ0) is 33.7. The van der Waals surface area contributed by atoms with E-state index < -0.39 is 29.5 Å². The Morgan fingerprint density at radius 2 is 0.935 bits per heavy atom. The summed E-state index contributed by atoms with van der Waals surface area (Å²) >= 11 is 0. The van der Waals surface area contributed by atoms with Crippen LogP contribution in [0.25, 0.3) is 0 Å². The van der Waals surface area contributed by atoms with E-state index >= 15 is 0 Å². The average molecular weight is 631 g/mol. The van der Waals surface area contributed by atoms with Crippen molar-refractivity contribution >= 4 is 24.1 Å². The molecule has 0 aromatic heterocycles. The number of carbonyl (C=O) groups is 4. The van der Waals surface area contributed by atoms with Crippen LogP contribution in [0.5, 0.6) is 17.2 Å². The number of benzene rings is 3. The number of methoxy groups -OCH3 is 1. The molecule has 3 aromatic rings. The second kappa shape index (κ2) is 16.5. The molecule has 11 heteroatoms. The molecule has 2 amide bonds. The minimum absolute atomic E-state index is 0.0125. The van der Waals surface area contributed by atoms with Crippen LogP contribution in [0.2, 0.25) is 0 Å². The first-order chi connectivity index (χ1) is 21.9. The maximum absolute atomic E-state index is 12.2. The number of hydrogen-bond donors (Lipinski definition) is 2. The number of amides is 2. The Hall–Kier alpha value is -5.58. The van der Waals surface area contributed by atoms with Crippen LogP contribution < -0.4 is 24.8 Å². The molecule has 0 aliphatic carbocycles. The van der Waals surface area contributed by atoms with Gasteiger partial charge in [-0.15, -0.1) is 0 Å². The van der Waals surface area contributed by atoms with Crippen LogP contribution in [-0.4, -0.2) is 57.5 Å². The van der Waals surface area contributed by atoms with Gasteiger partial charge in [-0.3, -0.25) is 0 Å². The number of carbonyl (C=O) groups excluding carboxylic acids is 4. The van der Waals surface area contributed by atoms with Gasteiger partial charge in [0.1, 0.15) is 30.5 Å². The van der Waals surface area contributed by atoms with Crippen LogP contribution in [0.3, 0.4) is 0 Å². The standard InChI is InChI=1S/C35H38N2O9/c1-23(2)31(38)43-21-19-36-33(40)45-29-15-9-26(10-16-29)35(5,25-7-13-28(42-6)14-8-25)27-11-17-30(18-12-27)46-34(41)37-20-22-44-32(39)24(3)4/h7-18H,1,3,19-22H2,2,4-6H3,(H,36,40)(H,37,41). The molecule has 0 fully saturated rings. The maximum Gasteiger partial charge on any atom is 0.412 e. The summed E-state index contributed by atoms with van der Waals surface area (Å²) in [6.45, 7) is 12.3. The summed E-state index contributed by atoms with van der Waals surface area (Å²) in [5.74, 6) is 0.283. The molecule has 0 atom stereocenters. The molecule has 46 heavy (non-hydrogen) atoms. The zero-order valence-corrected chi connectivity index (χ0v) is 26.3. The van der Waals surface area contributed by atoms with E-state index in [0.717, 1.165) is 16.7 Å². The summed E-state index contributed by atoms with van der Waals surface area (Å²) < 4.78 is 26.0. The molecule has 0 radical (unpaired) electrons. The molecule has 0 unspecified atom stereocenters. The second-order valence-corrected chi connectivity index (χ2v) is 10.4. The fourth-order valence-electron chi connectivity index (χ4n) is 4.26. The molecule has 3 aromatic carbocycles. The lowest BCUT2D eigenvalue weighted by Gasteiger charge is -2.32. The van der Waals surface area contributed by atoms with Gasteiger partial charge in [0.25, 0.3) is 0 Å². The van der Waals surface area contributed by atoms with Crippen LogP contribution in [0, 0.1) is 0 Å². The van der Waals surface area contributed by atoms with E-state index in [0.29, 0.717) is 17.2 Å². The van der Waals surface area contributed by atoms with Crippen molar-refractivity contribution in [3.63, 3.8) is 0 Å². The Labute approximate surface area is 268 Å². The molecule has 0 bridgehead atoms. The molecule has 0 heterocycles. The summed E-state index contributed by atoms with van der Waals surface area (Å²) in [5.41, 5.74) is 2.62. The predicted molar refractivity (Wildman–Crippen MR) is 171 cm³/mol. The van der Waals surface area contributed by atoms with Gasteiger partial charge < -0.3 is 34.3 Å². The topological polar surface area (TPSA) is 138 Å². The number of rotatable bonds is 14. The van der Waals surface area contributed by atoms with Crippen LogP contribution in [0.4, 0.5) is 9.59 Å². The van der Waals surface area contributed by atoms with Crippen molar-refractivity contribution in [2.75, 3.05) is 33.4 Å². The van der Waals surface area contributed by atoms with Crippen molar-refractivity contribution in [3.8, 4) is 17.2 Å². The van der Waals surface area contributed by atoms with Gasteiger partial charge in [-0.1, -0.05) is 49.6 Å². The fraction of sp³-hybridized carbons (Fsp3) is 0.257. The quantitative estimate of drug-likeness (QED) is 0.103. The molecule has 0 aliphatic rings. The zero-order valence-electron chi connectivity index (χ0n) is 26.3. The van der Waals surface area contributed by atoms with Crippen LogP contribution in [0.1, 0.15) is 37.5 Å². The van der Waals surface area contributed by atoms with Crippen molar-refractivity contribution in [3.05, 3.63) is 114 Å². The Balaban J connectivity index is 1.72. The Kier molecular flexibility index (Phi) is 12.5. The van der Waals surface area contributed by atoms with E-state index in [2.05, 4.69) is 30.7 Å². The molecule has 0 spiro atoms. The van der Waals surface area contributed by atoms with Gasteiger partial charge in [0, 0.05) is 16.6 Å². The van der Waals surface area contributed by atoms with E-state index in [1.165, 1.54) is 13.8 Å². The summed E-state index contributed by atoms with van der Waals surface area (Å²) in [6.07, 6.45) is -1.38. The van der Waals surface area contributed by atoms with Crippen molar-refractivity contribution in [2.24, 2.45) is 0 Å². The average Bonchev–Trinajstić information content (AvgIpc) is 3.05. The van der Waals surface area contributed by atoms with Crippen LogP contribution in [-0.2, 0) is 24.5 Å². The van der Waals surface area contributed by atoms with E-state index in [1.54, 1.807) is 31.4 Å². The smallest absolute Gasteiger partial charge is 0.412 e. The lowest BCUT2D eigenvalue weighted by molar-refractivity contribution is -0.139. The molecule has 242 valence electrons. The lowest BCUT2D eigenvalue weighted by Crippen LogP contribution is -2.31. The first kappa shape index (κ1) is 34.9. The van der Waals surface area contributed by atoms with Gasteiger partial charge in [0.2, 0.25) is 0 Å². The summed E-state index contributed by atoms with van der Waals surface area (Å²) in [5, 5.41) is 5.06.